The van der Waals surface area contributed by atoms with Gasteiger partial charge in [0.2, 0.25) is 0 Å². The second-order valence-corrected chi connectivity index (χ2v) is 4.39. The van der Waals surface area contributed by atoms with Crippen molar-refractivity contribution in [1.29, 1.82) is 0 Å². The minimum Gasteiger partial charge on any atom is -0.445 e. The molecule has 4 heteroatoms. The van der Waals surface area contributed by atoms with E-state index in [0.29, 0.717) is 13.0 Å². The van der Waals surface area contributed by atoms with E-state index in [4.69, 9.17) is 4.74 Å². The van der Waals surface area contributed by atoms with Crippen LogP contribution in [0.4, 0.5) is 4.79 Å². The molecule has 1 N–H and O–H groups in total. The number of aliphatic hydroxyl groups excluding tert-OH is 1. The van der Waals surface area contributed by atoms with Crippen LogP contribution in [-0.2, 0) is 11.3 Å². The first-order valence-electron chi connectivity index (χ1n) is 5.98. The number of carbonyl (C=O) groups excluding carboxylic acids is 1. The number of benzene rings is 1. The van der Waals surface area contributed by atoms with Crippen molar-refractivity contribution >= 4 is 6.09 Å². The Bertz CT molecular complexity index is 418. The number of nitrogens with zero attached hydrogens (tertiary/aromatic N) is 1. The van der Waals surface area contributed by atoms with Gasteiger partial charge in [-0.05, 0) is 12.0 Å². The number of carbonyl (C=O) groups is 1. The van der Waals surface area contributed by atoms with Crippen LogP contribution >= 0.6 is 0 Å². The molecule has 4 nitrogen and oxygen atoms in total. The van der Waals surface area contributed by atoms with E-state index in [1.807, 2.05) is 30.3 Å². The zero-order valence-electron chi connectivity index (χ0n) is 10.2. The Morgan fingerprint density at radius 3 is 2.89 bits per heavy atom. The molecule has 0 aliphatic carbocycles. The Hall–Kier alpha value is -1.81. The number of rotatable bonds is 3. The second-order valence-electron chi connectivity index (χ2n) is 4.39. The highest BCUT2D eigenvalue weighted by molar-refractivity contribution is 5.69. The summed E-state index contributed by atoms with van der Waals surface area (Å²) in [4.78, 5) is 13.4. The molecule has 0 radical (unpaired) electrons. The summed E-state index contributed by atoms with van der Waals surface area (Å²) >= 11 is 0. The van der Waals surface area contributed by atoms with Crippen molar-refractivity contribution in [2.75, 3.05) is 6.54 Å². The average molecular weight is 247 g/mol. The van der Waals surface area contributed by atoms with Crippen LogP contribution < -0.4 is 0 Å². The van der Waals surface area contributed by atoms with Crippen molar-refractivity contribution in [2.45, 2.75) is 25.2 Å². The quantitative estimate of drug-likeness (QED) is 0.830. The number of hydrogen-bond acceptors (Lipinski definition) is 3. The average Bonchev–Trinajstić information content (AvgIpc) is 2.78. The summed E-state index contributed by atoms with van der Waals surface area (Å²) in [5.74, 6) is 0. The van der Waals surface area contributed by atoms with Gasteiger partial charge in [-0.15, -0.1) is 6.58 Å². The molecular formula is C14H17NO3. The third kappa shape index (κ3) is 2.90. The first-order chi connectivity index (χ1) is 8.70. The Balaban J connectivity index is 1.90. The lowest BCUT2D eigenvalue weighted by molar-refractivity contribution is 0.0920. The van der Waals surface area contributed by atoms with Crippen LogP contribution in [0.2, 0.25) is 0 Å². The summed E-state index contributed by atoms with van der Waals surface area (Å²) in [5.41, 5.74) is 0.945. The fourth-order valence-electron chi connectivity index (χ4n) is 2.08. The molecule has 1 saturated heterocycles. The number of aliphatic hydroxyl groups is 1. The van der Waals surface area contributed by atoms with E-state index in [1.165, 1.54) is 4.90 Å². The van der Waals surface area contributed by atoms with Crippen molar-refractivity contribution in [3.63, 3.8) is 0 Å². The van der Waals surface area contributed by atoms with Gasteiger partial charge >= 0.3 is 6.09 Å². The predicted octanol–water partition coefficient (Wildman–Crippen LogP) is 1.94. The highest BCUT2D eigenvalue weighted by atomic mass is 16.6. The molecule has 2 unspecified atom stereocenters. The molecule has 18 heavy (non-hydrogen) atoms. The lowest BCUT2D eigenvalue weighted by Gasteiger charge is -2.20. The molecule has 2 atom stereocenters. The Morgan fingerprint density at radius 2 is 2.22 bits per heavy atom. The maximum atomic E-state index is 11.9. The highest BCUT2D eigenvalue weighted by Crippen LogP contribution is 2.19. The van der Waals surface area contributed by atoms with Gasteiger partial charge in [-0.2, -0.15) is 0 Å². The first-order valence-corrected chi connectivity index (χ1v) is 5.98. The highest BCUT2D eigenvalue weighted by Gasteiger charge is 2.33. The molecule has 0 aromatic heterocycles. The third-order valence-electron chi connectivity index (χ3n) is 3.03. The van der Waals surface area contributed by atoms with Crippen molar-refractivity contribution < 1.29 is 14.6 Å². The molecule has 1 aliphatic rings. The van der Waals surface area contributed by atoms with Gasteiger partial charge in [0, 0.05) is 0 Å². The van der Waals surface area contributed by atoms with Crippen molar-refractivity contribution in [3.8, 4) is 0 Å². The maximum absolute atomic E-state index is 11.9. The molecule has 0 spiro atoms. The van der Waals surface area contributed by atoms with E-state index in [2.05, 4.69) is 6.58 Å². The smallest absolute Gasteiger partial charge is 0.410 e. The lowest BCUT2D eigenvalue weighted by atomic mass is 10.2. The predicted molar refractivity (Wildman–Crippen MR) is 67.9 cm³/mol. The summed E-state index contributed by atoms with van der Waals surface area (Å²) in [7, 11) is 0. The van der Waals surface area contributed by atoms with Crippen LogP contribution in [0.15, 0.2) is 43.0 Å². The minimum atomic E-state index is -0.489. The molecule has 0 saturated carbocycles. The number of β-amino-alcohol motifs (C(OH)–C–C–N with tert-alkyl or cyclic N) is 1. The monoisotopic (exact) mass is 247 g/mol. The zero-order chi connectivity index (χ0) is 13.0. The molecule has 96 valence electrons. The summed E-state index contributed by atoms with van der Waals surface area (Å²) in [6.07, 6.45) is 1.31. The molecule has 1 fully saturated rings. The first kappa shape index (κ1) is 12.6. The van der Waals surface area contributed by atoms with E-state index in [-0.39, 0.29) is 12.6 Å². The fourth-order valence-corrected chi connectivity index (χ4v) is 2.08. The third-order valence-corrected chi connectivity index (χ3v) is 3.03. The van der Waals surface area contributed by atoms with Crippen LogP contribution in [0.5, 0.6) is 0 Å². The van der Waals surface area contributed by atoms with Crippen LogP contribution in [0.1, 0.15) is 12.0 Å². The molecule has 1 aromatic rings. The second kappa shape index (κ2) is 5.69. The topological polar surface area (TPSA) is 49.8 Å². The van der Waals surface area contributed by atoms with E-state index in [0.717, 1.165) is 5.56 Å². The number of hydrogen-bond donors (Lipinski definition) is 1. The van der Waals surface area contributed by atoms with Gasteiger partial charge in [0.25, 0.3) is 0 Å². The summed E-state index contributed by atoms with van der Waals surface area (Å²) < 4.78 is 5.22. The van der Waals surface area contributed by atoms with Gasteiger partial charge in [-0.3, -0.25) is 4.90 Å². The number of likely N-dealkylation sites (tertiary alicyclic amines) is 1. The van der Waals surface area contributed by atoms with Crippen molar-refractivity contribution in [1.82, 2.24) is 4.90 Å². The Labute approximate surface area is 106 Å². The Kier molecular flexibility index (Phi) is 3.99. The SMILES string of the molecule is C=CC1CC(O)CN1C(=O)OCc1ccccc1. The van der Waals surface area contributed by atoms with Crippen molar-refractivity contribution in [2.24, 2.45) is 0 Å². The summed E-state index contributed by atoms with van der Waals surface area (Å²) in [5, 5.41) is 9.54. The molecule has 1 heterocycles. The van der Waals surface area contributed by atoms with Gasteiger partial charge in [-0.25, -0.2) is 4.79 Å². The van der Waals surface area contributed by atoms with Crippen LogP contribution in [0.3, 0.4) is 0 Å². The van der Waals surface area contributed by atoms with Gasteiger partial charge < -0.3 is 9.84 Å². The van der Waals surface area contributed by atoms with Crippen LogP contribution in [0.25, 0.3) is 0 Å². The standard InChI is InChI=1S/C14H17NO3/c1-2-12-8-13(16)9-15(12)14(17)18-10-11-6-4-3-5-7-11/h2-7,12-13,16H,1,8-10H2. The summed E-state index contributed by atoms with van der Waals surface area (Å²) in [6, 6.07) is 9.37. The molecule has 0 bridgehead atoms. The van der Waals surface area contributed by atoms with Gasteiger partial charge in [0.05, 0.1) is 18.7 Å². The van der Waals surface area contributed by atoms with Crippen molar-refractivity contribution in [3.05, 3.63) is 48.6 Å². The Morgan fingerprint density at radius 1 is 1.50 bits per heavy atom. The van der Waals surface area contributed by atoms with Crippen LogP contribution in [-0.4, -0.2) is 34.8 Å². The largest absolute Gasteiger partial charge is 0.445 e. The van der Waals surface area contributed by atoms with Gasteiger partial charge in [0.1, 0.15) is 6.61 Å². The van der Waals surface area contributed by atoms with E-state index >= 15 is 0 Å². The van der Waals surface area contributed by atoms with Crippen LogP contribution in [0, 0.1) is 0 Å². The van der Waals surface area contributed by atoms with Gasteiger partial charge in [-0.1, -0.05) is 36.4 Å². The van der Waals surface area contributed by atoms with E-state index < -0.39 is 12.2 Å². The molecular weight excluding hydrogens is 230 g/mol. The normalized spacial score (nSPS) is 22.8. The fraction of sp³-hybridized carbons (Fsp3) is 0.357. The lowest BCUT2D eigenvalue weighted by Crippen LogP contribution is -2.35. The molecule has 1 aromatic carbocycles. The summed E-state index contributed by atoms with van der Waals surface area (Å²) in [6.45, 7) is 4.22. The molecule has 2 rings (SSSR count). The zero-order valence-corrected chi connectivity index (χ0v) is 10.2. The number of ether oxygens (including phenoxy) is 1. The van der Waals surface area contributed by atoms with Gasteiger partial charge in [0.15, 0.2) is 0 Å². The van der Waals surface area contributed by atoms with E-state index in [1.54, 1.807) is 6.08 Å². The minimum absolute atomic E-state index is 0.136. The molecule has 1 aliphatic heterocycles. The number of amides is 1. The molecule has 1 amide bonds. The van der Waals surface area contributed by atoms with E-state index in [9.17, 15) is 9.90 Å². The maximum Gasteiger partial charge on any atom is 0.410 e.